The highest BCUT2D eigenvalue weighted by atomic mass is 16.6. The zero-order valence-electron chi connectivity index (χ0n) is 7.06. The largest absolute Gasteiger partial charge is 0.456 e. The van der Waals surface area contributed by atoms with E-state index in [4.69, 9.17) is 5.11 Å². The lowest BCUT2D eigenvalue weighted by atomic mass is 10.2. The molecule has 0 aliphatic carbocycles. The molecule has 0 radical (unpaired) electrons. The summed E-state index contributed by atoms with van der Waals surface area (Å²) in [6.45, 7) is 2.72. The molecule has 0 amide bonds. The molecule has 68 valence electrons. The van der Waals surface area contributed by atoms with Crippen molar-refractivity contribution in [3.05, 3.63) is 12.2 Å². The lowest BCUT2D eigenvalue weighted by Gasteiger charge is -2.14. The van der Waals surface area contributed by atoms with Gasteiger partial charge < -0.3 is 9.84 Å². The summed E-state index contributed by atoms with van der Waals surface area (Å²) in [4.78, 5) is 20.4. The summed E-state index contributed by atoms with van der Waals surface area (Å²) >= 11 is 0. The molecule has 4 heteroatoms. The highest BCUT2D eigenvalue weighted by Gasteiger charge is 2.13. The van der Waals surface area contributed by atoms with Gasteiger partial charge in [-0.3, -0.25) is 9.59 Å². The third-order valence-corrected chi connectivity index (χ3v) is 1.16. The van der Waals surface area contributed by atoms with Crippen LogP contribution in [0.3, 0.4) is 0 Å². The van der Waals surface area contributed by atoms with Gasteiger partial charge in [-0.05, 0) is 19.1 Å². The quantitative estimate of drug-likeness (QED) is 0.370. The Balaban J connectivity index is 4.13. The fourth-order valence-corrected chi connectivity index (χ4v) is 0.645. The molecular weight excluding hydrogens is 160 g/mol. The van der Waals surface area contributed by atoms with Gasteiger partial charge in [0.15, 0.2) is 0 Å². The fourth-order valence-electron chi connectivity index (χ4n) is 0.645. The molecule has 0 spiro atoms. The van der Waals surface area contributed by atoms with Crippen molar-refractivity contribution in [1.82, 2.24) is 0 Å². The Morgan fingerprint density at radius 3 is 2.50 bits per heavy atom. The third-order valence-electron chi connectivity index (χ3n) is 1.16. The predicted molar refractivity (Wildman–Crippen MR) is 42.4 cm³/mol. The summed E-state index contributed by atoms with van der Waals surface area (Å²) < 4.78 is 4.68. The second-order valence-electron chi connectivity index (χ2n) is 2.34. The molecule has 0 rings (SSSR count). The molecule has 0 bridgehead atoms. The fraction of sp³-hybridized carbons (Fsp3) is 0.500. The Kier molecular flexibility index (Phi) is 4.96. The molecule has 0 aliphatic rings. The average Bonchev–Trinajstić information content (AvgIpc) is 1.96. The highest BCUT2D eigenvalue weighted by Crippen LogP contribution is 2.00. The smallest absolute Gasteiger partial charge is 0.303 e. The van der Waals surface area contributed by atoms with Crippen molar-refractivity contribution in [2.24, 2.45) is 0 Å². The lowest BCUT2D eigenvalue weighted by molar-refractivity contribution is -0.148. The maximum absolute atomic E-state index is 10.5. The van der Waals surface area contributed by atoms with Crippen LogP contribution in [0.2, 0.25) is 0 Å². The van der Waals surface area contributed by atoms with Crippen LogP contribution in [0.4, 0.5) is 0 Å². The van der Waals surface area contributed by atoms with Gasteiger partial charge in [0, 0.05) is 6.92 Å². The first-order chi connectivity index (χ1) is 5.57. The van der Waals surface area contributed by atoms with E-state index in [-0.39, 0.29) is 0 Å². The Labute approximate surface area is 70.8 Å². The topological polar surface area (TPSA) is 63.6 Å². The number of allylic oxidation sites excluding steroid dienone is 1. The van der Waals surface area contributed by atoms with Gasteiger partial charge in [-0.2, -0.15) is 0 Å². The standard InChI is InChI=1S/C8H12O4/c1-6(10)8(4-3-5-9)12-7(2)11/h3-6,8,10H,1-2H3. The molecule has 0 saturated heterocycles. The van der Waals surface area contributed by atoms with Gasteiger partial charge in [0.2, 0.25) is 0 Å². The molecule has 0 aliphatic heterocycles. The monoisotopic (exact) mass is 172 g/mol. The molecule has 0 heterocycles. The van der Waals surface area contributed by atoms with Gasteiger partial charge in [0.05, 0.1) is 6.10 Å². The maximum atomic E-state index is 10.5. The second kappa shape index (κ2) is 5.49. The number of hydrogen-bond donors (Lipinski definition) is 1. The van der Waals surface area contributed by atoms with Crippen LogP contribution >= 0.6 is 0 Å². The van der Waals surface area contributed by atoms with Gasteiger partial charge in [-0.25, -0.2) is 0 Å². The summed E-state index contributed by atoms with van der Waals surface area (Å²) in [5.74, 6) is -0.489. The summed E-state index contributed by atoms with van der Waals surface area (Å²) in [6, 6.07) is 0. The molecule has 0 aromatic heterocycles. The van der Waals surface area contributed by atoms with Crippen LogP contribution < -0.4 is 0 Å². The molecular formula is C8H12O4. The van der Waals surface area contributed by atoms with Gasteiger partial charge in [-0.15, -0.1) is 0 Å². The first-order valence-corrected chi connectivity index (χ1v) is 3.55. The summed E-state index contributed by atoms with van der Waals surface area (Å²) in [6.07, 6.45) is 1.51. The number of ether oxygens (including phenoxy) is 1. The minimum absolute atomic E-state index is 0.489. The third kappa shape index (κ3) is 4.62. The van der Waals surface area contributed by atoms with Gasteiger partial charge in [0.1, 0.15) is 12.4 Å². The van der Waals surface area contributed by atoms with Crippen LogP contribution in [-0.2, 0) is 14.3 Å². The molecule has 0 fully saturated rings. The van der Waals surface area contributed by atoms with E-state index in [2.05, 4.69) is 4.74 Å². The van der Waals surface area contributed by atoms with E-state index in [1.807, 2.05) is 0 Å². The number of aliphatic hydroxyl groups excluding tert-OH is 1. The van der Waals surface area contributed by atoms with Crippen molar-refractivity contribution in [1.29, 1.82) is 0 Å². The van der Waals surface area contributed by atoms with E-state index >= 15 is 0 Å². The predicted octanol–water partition coefficient (Wildman–Crippen LogP) is 0.0540. The number of rotatable bonds is 4. The minimum Gasteiger partial charge on any atom is -0.456 e. The van der Waals surface area contributed by atoms with Crippen molar-refractivity contribution < 1.29 is 19.4 Å². The Hall–Kier alpha value is -1.16. The van der Waals surface area contributed by atoms with Crippen LogP contribution in [0.15, 0.2) is 12.2 Å². The molecule has 0 aromatic carbocycles. The number of esters is 1. The minimum atomic E-state index is -0.815. The number of hydrogen-bond acceptors (Lipinski definition) is 4. The van der Waals surface area contributed by atoms with Crippen molar-refractivity contribution in [2.75, 3.05) is 0 Å². The van der Waals surface area contributed by atoms with Gasteiger partial charge in [0.25, 0.3) is 0 Å². The van der Waals surface area contributed by atoms with Crippen LogP contribution in [-0.4, -0.2) is 29.6 Å². The van der Waals surface area contributed by atoms with Crippen LogP contribution in [0.1, 0.15) is 13.8 Å². The number of carbonyl (C=O) groups is 2. The molecule has 4 nitrogen and oxygen atoms in total. The first kappa shape index (κ1) is 10.8. The number of carbonyl (C=O) groups excluding carboxylic acids is 2. The zero-order chi connectivity index (χ0) is 9.56. The van der Waals surface area contributed by atoms with E-state index in [0.717, 1.165) is 0 Å². The molecule has 2 atom stereocenters. The number of aliphatic hydroxyl groups is 1. The number of aldehydes is 1. The van der Waals surface area contributed by atoms with E-state index in [9.17, 15) is 9.59 Å². The lowest BCUT2D eigenvalue weighted by Crippen LogP contribution is -2.26. The van der Waals surface area contributed by atoms with Crippen molar-refractivity contribution in [3.63, 3.8) is 0 Å². The summed E-state index contributed by atoms with van der Waals surface area (Å²) in [5.41, 5.74) is 0. The zero-order valence-corrected chi connectivity index (χ0v) is 7.06. The van der Waals surface area contributed by atoms with Crippen molar-refractivity contribution in [3.8, 4) is 0 Å². The maximum Gasteiger partial charge on any atom is 0.303 e. The SMILES string of the molecule is CC(=O)OC(C=CC=O)C(C)O. The summed E-state index contributed by atoms with van der Waals surface area (Å²) in [5, 5.41) is 9.04. The van der Waals surface area contributed by atoms with Crippen molar-refractivity contribution in [2.45, 2.75) is 26.1 Å². The van der Waals surface area contributed by atoms with Crippen LogP contribution in [0.5, 0.6) is 0 Å². The van der Waals surface area contributed by atoms with E-state index < -0.39 is 18.2 Å². The molecule has 0 aromatic rings. The summed E-state index contributed by atoms with van der Waals surface area (Å²) in [7, 11) is 0. The van der Waals surface area contributed by atoms with Crippen LogP contribution in [0, 0.1) is 0 Å². The molecule has 2 unspecified atom stereocenters. The highest BCUT2D eigenvalue weighted by molar-refractivity contribution is 5.67. The van der Waals surface area contributed by atoms with E-state index in [1.54, 1.807) is 0 Å². The van der Waals surface area contributed by atoms with Crippen LogP contribution in [0.25, 0.3) is 0 Å². The second-order valence-corrected chi connectivity index (χ2v) is 2.34. The van der Waals surface area contributed by atoms with Gasteiger partial charge in [-0.1, -0.05) is 0 Å². The Morgan fingerprint density at radius 2 is 2.17 bits per heavy atom. The average molecular weight is 172 g/mol. The Morgan fingerprint density at radius 1 is 1.58 bits per heavy atom. The van der Waals surface area contributed by atoms with Crippen molar-refractivity contribution >= 4 is 12.3 Å². The van der Waals surface area contributed by atoms with Gasteiger partial charge >= 0.3 is 5.97 Å². The van der Waals surface area contributed by atoms with E-state index in [0.29, 0.717) is 6.29 Å². The molecule has 12 heavy (non-hydrogen) atoms. The molecule has 1 N–H and O–H groups in total. The Bertz CT molecular complexity index is 183. The first-order valence-electron chi connectivity index (χ1n) is 3.55. The normalized spacial score (nSPS) is 15.6. The van der Waals surface area contributed by atoms with E-state index in [1.165, 1.54) is 26.0 Å². The molecule has 0 saturated carbocycles.